The van der Waals surface area contributed by atoms with Gasteiger partial charge in [-0.05, 0) is 30.5 Å². The normalized spacial score (nSPS) is 19.1. The topological polar surface area (TPSA) is 49.1 Å². The second-order valence-electron chi connectivity index (χ2n) is 6.97. The van der Waals surface area contributed by atoms with Crippen molar-refractivity contribution in [2.24, 2.45) is 0 Å². The lowest BCUT2D eigenvalue weighted by Crippen LogP contribution is -2.53. The van der Waals surface area contributed by atoms with Crippen LogP contribution in [-0.4, -0.2) is 60.8 Å². The maximum atomic E-state index is 9.48. The number of ether oxygens (including phenoxy) is 1. The molecule has 0 saturated carbocycles. The third-order valence-electron chi connectivity index (χ3n) is 5.06. The van der Waals surface area contributed by atoms with Crippen LogP contribution in [0.25, 0.3) is 0 Å². The Morgan fingerprint density at radius 3 is 2.69 bits per heavy atom. The van der Waals surface area contributed by atoms with Gasteiger partial charge in [0.2, 0.25) is 0 Å². The fourth-order valence-corrected chi connectivity index (χ4v) is 3.68. The first-order valence-corrected chi connectivity index (χ1v) is 9.46. The molecular formula is C21H30N2O3. The average molecular weight is 358 g/mol. The summed E-state index contributed by atoms with van der Waals surface area (Å²) >= 11 is 0. The molecule has 2 heterocycles. The summed E-state index contributed by atoms with van der Waals surface area (Å²) in [6.07, 6.45) is 1.87. The van der Waals surface area contributed by atoms with Gasteiger partial charge >= 0.3 is 0 Å². The highest BCUT2D eigenvalue weighted by Gasteiger charge is 2.26. The van der Waals surface area contributed by atoms with E-state index >= 15 is 0 Å². The van der Waals surface area contributed by atoms with E-state index in [4.69, 9.17) is 9.15 Å². The zero-order chi connectivity index (χ0) is 18.2. The van der Waals surface area contributed by atoms with Gasteiger partial charge in [0, 0.05) is 45.9 Å². The van der Waals surface area contributed by atoms with Crippen LogP contribution in [0.2, 0.25) is 0 Å². The standard InChI is InChI=1S/C21H30N2O3/c1-25-17-21-8-7-20(26-21)16-22-12-13-23(19(15-22)10-14-24)11-9-18-5-3-2-4-6-18/h2-8,19,24H,9-17H2,1H3. The monoisotopic (exact) mass is 358 g/mol. The van der Waals surface area contributed by atoms with Crippen LogP contribution in [0.15, 0.2) is 46.9 Å². The highest BCUT2D eigenvalue weighted by atomic mass is 16.5. The third-order valence-corrected chi connectivity index (χ3v) is 5.06. The van der Waals surface area contributed by atoms with Crippen molar-refractivity contribution in [3.63, 3.8) is 0 Å². The quantitative estimate of drug-likeness (QED) is 0.746. The lowest BCUT2D eigenvalue weighted by Gasteiger charge is -2.41. The highest BCUT2D eigenvalue weighted by molar-refractivity contribution is 5.15. The molecule has 5 heteroatoms. The van der Waals surface area contributed by atoms with Gasteiger partial charge in [-0.3, -0.25) is 9.80 Å². The van der Waals surface area contributed by atoms with Gasteiger partial charge in [-0.15, -0.1) is 0 Å². The molecule has 1 saturated heterocycles. The molecule has 1 aliphatic rings. The van der Waals surface area contributed by atoms with Crippen molar-refractivity contribution < 1.29 is 14.3 Å². The number of hydrogen-bond donors (Lipinski definition) is 1. The molecule has 1 atom stereocenters. The van der Waals surface area contributed by atoms with Crippen LogP contribution < -0.4 is 0 Å². The van der Waals surface area contributed by atoms with Gasteiger partial charge in [0.05, 0.1) is 6.54 Å². The van der Waals surface area contributed by atoms with Gasteiger partial charge in [-0.1, -0.05) is 30.3 Å². The molecule has 0 spiro atoms. The molecule has 1 N–H and O–H groups in total. The number of aliphatic hydroxyl groups is 1. The van der Waals surface area contributed by atoms with Gasteiger partial charge in [0.25, 0.3) is 0 Å². The number of furan rings is 1. The maximum Gasteiger partial charge on any atom is 0.129 e. The maximum absolute atomic E-state index is 9.48. The Balaban J connectivity index is 1.53. The molecule has 142 valence electrons. The molecule has 26 heavy (non-hydrogen) atoms. The summed E-state index contributed by atoms with van der Waals surface area (Å²) in [4.78, 5) is 4.95. The lowest BCUT2D eigenvalue weighted by atomic mass is 10.1. The van der Waals surface area contributed by atoms with E-state index in [-0.39, 0.29) is 6.61 Å². The SMILES string of the molecule is COCc1ccc(CN2CCN(CCc3ccccc3)C(CCO)C2)o1. The number of piperazine rings is 1. The zero-order valence-corrected chi connectivity index (χ0v) is 15.6. The van der Waals surface area contributed by atoms with Crippen LogP contribution in [0.5, 0.6) is 0 Å². The average Bonchev–Trinajstić information content (AvgIpc) is 3.09. The van der Waals surface area contributed by atoms with Gasteiger partial charge in [-0.2, -0.15) is 0 Å². The van der Waals surface area contributed by atoms with E-state index in [9.17, 15) is 5.11 Å². The number of aliphatic hydroxyl groups excluding tert-OH is 1. The van der Waals surface area contributed by atoms with Crippen molar-refractivity contribution in [1.82, 2.24) is 9.80 Å². The molecule has 2 aromatic rings. The molecule has 3 rings (SSSR count). The lowest BCUT2D eigenvalue weighted by molar-refractivity contribution is 0.0522. The fraction of sp³-hybridized carbons (Fsp3) is 0.524. The summed E-state index contributed by atoms with van der Waals surface area (Å²) in [7, 11) is 1.68. The molecule has 1 fully saturated rings. The number of nitrogens with zero attached hydrogens (tertiary/aromatic N) is 2. The Bertz CT molecular complexity index is 644. The summed E-state index contributed by atoms with van der Waals surface area (Å²) in [6, 6.07) is 15.0. The first kappa shape index (κ1) is 19.1. The first-order valence-electron chi connectivity index (χ1n) is 9.46. The van der Waals surface area contributed by atoms with E-state index in [0.717, 1.165) is 57.1 Å². The Morgan fingerprint density at radius 2 is 1.92 bits per heavy atom. The smallest absolute Gasteiger partial charge is 0.129 e. The van der Waals surface area contributed by atoms with Crippen LogP contribution in [0.4, 0.5) is 0 Å². The molecule has 1 aromatic carbocycles. The Hall–Kier alpha value is -1.66. The van der Waals surface area contributed by atoms with Crippen molar-refractivity contribution in [2.75, 3.05) is 39.9 Å². The molecule has 0 amide bonds. The van der Waals surface area contributed by atoms with Crippen LogP contribution in [0, 0.1) is 0 Å². The molecular weight excluding hydrogens is 328 g/mol. The van der Waals surface area contributed by atoms with E-state index in [1.165, 1.54) is 5.56 Å². The van der Waals surface area contributed by atoms with Crippen LogP contribution in [0.1, 0.15) is 23.5 Å². The van der Waals surface area contributed by atoms with E-state index in [1.807, 2.05) is 12.1 Å². The van der Waals surface area contributed by atoms with E-state index in [1.54, 1.807) is 7.11 Å². The number of hydrogen-bond acceptors (Lipinski definition) is 5. The Kier molecular flexibility index (Phi) is 7.26. The fourth-order valence-electron chi connectivity index (χ4n) is 3.68. The van der Waals surface area contributed by atoms with Crippen molar-refractivity contribution in [1.29, 1.82) is 0 Å². The van der Waals surface area contributed by atoms with Crippen molar-refractivity contribution in [3.8, 4) is 0 Å². The second kappa shape index (κ2) is 9.88. The highest BCUT2D eigenvalue weighted by Crippen LogP contribution is 2.18. The summed E-state index contributed by atoms with van der Waals surface area (Å²) in [5.74, 6) is 1.86. The summed E-state index contributed by atoms with van der Waals surface area (Å²) in [5, 5.41) is 9.48. The predicted molar refractivity (Wildman–Crippen MR) is 102 cm³/mol. The Labute approximate surface area is 156 Å². The Morgan fingerprint density at radius 1 is 1.12 bits per heavy atom. The third kappa shape index (κ3) is 5.42. The van der Waals surface area contributed by atoms with Gasteiger partial charge in [-0.25, -0.2) is 0 Å². The van der Waals surface area contributed by atoms with Gasteiger partial charge in [0.1, 0.15) is 18.1 Å². The molecule has 5 nitrogen and oxygen atoms in total. The summed E-state index contributed by atoms with van der Waals surface area (Å²) in [5.41, 5.74) is 1.37. The van der Waals surface area contributed by atoms with Crippen molar-refractivity contribution in [3.05, 3.63) is 59.5 Å². The minimum atomic E-state index is 0.235. The summed E-state index contributed by atoms with van der Waals surface area (Å²) in [6.45, 7) is 5.63. The molecule has 0 radical (unpaired) electrons. The van der Waals surface area contributed by atoms with Crippen LogP contribution in [-0.2, 0) is 24.3 Å². The minimum Gasteiger partial charge on any atom is -0.462 e. The van der Waals surface area contributed by atoms with E-state index in [0.29, 0.717) is 12.6 Å². The second-order valence-corrected chi connectivity index (χ2v) is 6.97. The minimum absolute atomic E-state index is 0.235. The predicted octanol–water partition coefficient (Wildman–Crippen LogP) is 2.54. The summed E-state index contributed by atoms with van der Waals surface area (Å²) < 4.78 is 10.9. The molecule has 1 aliphatic heterocycles. The molecule has 0 aliphatic carbocycles. The van der Waals surface area contributed by atoms with Crippen molar-refractivity contribution >= 4 is 0 Å². The van der Waals surface area contributed by atoms with Gasteiger partial charge < -0.3 is 14.3 Å². The van der Waals surface area contributed by atoms with Crippen LogP contribution in [0.3, 0.4) is 0 Å². The van der Waals surface area contributed by atoms with Crippen LogP contribution >= 0.6 is 0 Å². The van der Waals surface area contributed by atoms with E-state index < -0.39 is 0 Å². The molecule has 1 aromatic heterocycles. The number of methoxy groups -OCH3 is 1. The van der Waals surface area contributed by atoms with Gasteiger partial charge in [0.15, 0.2) is 0 Å². The van der Waals surface area contributed by atoms with E-state index in [2.05, 4.69) is 40.1 Å². The molecule has 1 unspecified atom stereocenters. The number of rotatable bonds is 9. The largest absolute Gasteiger partial charge is 0.462 e. The first-order chi connectivity index (χ1) is 12.8. The zero-order valence-electron chi connectivity index (χ0n) is 15.6. The van der Waals surface area contributed by atoms with Crippen molar-refractivity contribution in [2.45, 2.75) is 32.0 Å². The molecule has 0 bridgehead atoms. The number of benzene rings is 1.